The lowest BCUT2D eigenvalue weighted by molar-refractivity contribution is -0.746. The molecular weight excluding hydrogens is 228 g/mol. The summed E-state index contributed by atoms with van der Waals surface area (Å²) in [5, 5.41) is 18.5. The van der Waals surface area contributed by atoms with Crippen molar-refractivity contribution >= 4 is 17.3 Å². The lowest BCUT2D eigenvalue weighted by Crippen LogP contribution is -2.43. The molecule has 0 saturated carbocycles. The number of tetrazole rings is 1. The van der Waals surface area contributed by atoms with Crippen molar-refractivity contribution in [2.24, 2.45) is 7.05 Å². The van der Waals surface area contributed by atoms with Crippen LogP contribution in [0.3, 0.4) is 0 Å². The van der Waals surface area contributed by atoms with Crippen molar-refractivity contribution in [2.75, 3.05) is 7.11 Å². The number of carbonyl (C=O) groups is 2. The molecule has 1 heterocycles. The molecule has 1 rings (SSSR count). The molecule has 0 amide bonds. The number of nitrogens with zero attached hydrogens (tertiary/aromatic N) is 4. The van der Waals surface area contributed by atoms with Crippen LogP contribution >= 0.6 is 0 Å². The molecule has 0 aromatic carbocycles. The molecule has 0 bridgehead atoms. The van der Waals surface area contributed by atoms with E-state index < -0.39 is 5.97 Å². The Morgan fingerprint density at radius 3 is 2.71 bits per heavy atom. The smallest absolute Gasteiger partial charge is 0.343 e. The highest BCUT2D eigenvalue weighted by molar-refractivity contribution is 6.14. The van der Waals surface area contributed by atoms with E-state index in [1.807, 2.05) is 0 Å². The van der Waals surface area contributed by atoms with Gasteiger partial charge in [-0.2, -0.15) is 0 Å². The van der Waals surface area contributed by atoms with Gasteiger partial charge in [0.15, 0.2) is 12.3 Å². The third-order valence-electron chi connectivity index (χ3n) is 1.86. The number of esters is 1. The molecule has 0 aliphatic heterocycles. The van der Waals surface area contributed by atoms with Crippen molar-refractivity contribution in [1.82, 2.24) is 15.1 Å². The number of rotatable bonds is 4. The van der Waals surface area contributed by atoms with E-state index >= 15 is 0 Å². The Morgan fingerprint density at radius 1 is 1.59 bits per heavy atom. The summed E-state index contributed by atoms with van der Waals surface area (Å²) >= 11 is 0. The van der Waals surface area contributed by atoms with Crippen LogP contribution in [-0.4, -0.2) is 34.0 Å². The van der Waals surface area contributed by atoms with Crippen LogP contribution in [0, 0.1) is 0 Å². The lowest BCUT2D eigenvalue weighted by Gasteiger charge is -2.02. The van der Waals surface area contributed by atoms with E-state index in [4.69, 9.17) is 0 Å². The number of carbonyl (C=O) groups excluding carboxylic acids is 2. The number of hydrogen-bond donors (Lipinski definition) is 0. The van der Waals surface area contributed by atoms with Crippen LogP contribution in [0.4, 0.5) is 0 Å². The molecule has 0 radical (unpaired) electrons. The standard InChI is InChI=1S/C9H12N4O4/c1-6(15)4-13-8(10-12(2)11-13)7(5-14)9(16)17-3/h5H,4H2,1-3H3. The molecule has 0 saturated heterocycles. The number of methoxy groups -OCH3 is 1. The highest BCUT2D eigenvalue weighted by Crippen LogP contribution is 2.06. The van der Waals surface area contributed by atoms with Gasteiger partial charge in [-0.25, -0.2) is 4.79 Å². The summed E-state index contributed by atoms with van der Waals surface area (Å²) in [5.74, 6) is -0.991. The average molecular weight is 240 g/mol. The second kappa shape index (κ2) is 5.19. The molecule has 17 heavy (non-hydrogen) atoms. The number of aryl methyl sites for hydroxylation is 1. The normalized spacial score (nSPS) is 11.4. The monoisotopic (exact) mass is 240 g/mol. The minimum Gasteiger partial charge on any atom is -0.877 e. The first-order valence-electron chi connectivity index (χ1n) is 4.71. The number of hydrogen-bond acceptors (Lipinski definition) is 6. The van der Waals surface area contributed by atoms with Crippen LogP contribution in [0.1, 0.15) is 12.7 Å². The quantitative estimate of drug-likeness (QED) is 0.251. The van der Waals surface area contributed by atoms with E-state index in [-0.39, 0.29) is 23.7 Å². The molecule has 8 nitrogen and oxygen atoms in total. The van der Waals surface area contributed by atoms with Gasteiger partial charge < -0.3 is 9.84 Å². The van der Waals surface area contributed by atoms with Crippen LogP contribution in [-0.2, 0) is 27.9 Å². The van der Waals surface area contributed by atoms with Crippen molar-refractivity contribution in [1.29, 1.82) is 0 Å². The van der Waals surface area contributed by atoms with Gasteiger partial charge in [0.25, 0.3) is 0 Å². The van der Waals surface area contributed by atoms with Gasteiger partial charge in [0.1, 0.15) is 12.6 Å². The van der Waals surface area contributed by atoms with Crippen molar-refractivity contribution in [3.63, 3.8) is 0 Å². The van der Waals surface area contributed by atoms with Gasteiger partial charge in [-0.1, -0.05) is 0 Å². The van der Waals surface area contributed by atoms with E-state index in [1.165, 1.54) is 18.7 Å². The predicted molar refractivity (Wildman–Crippen MR) is 51.9 cm³/mol. The summed E-state index contributed by atoms with van der Waals surface area (Å²) in [5.41, 5.74) is -0.276. The summed E-state index contributed by atoms with van der Waals surface area (Å²) in [4.78, 5) is 23.5. The Hall–Kier alpha value is -2.25. The zero-order chi connectivity index (χ0) is 13.0. The van der Waals surface area contributed by atoms with E-state index in [0.29, 0.717) is 6.26 Å². The number of ketones is 1. The number of aromatic nitrogens is 4. The molecule has 8 heteroatoms. The minimum absolute atomic E-state index is 0.00421. The van der Waals surface area contributed by atoms with Gasteiger partial charge in [-0.05, 0) is 11.7 Å². The molecular formula is C9H12N4O4. The highest BCUT2D eigenvalue weighted by atomic mass is 16.5. The molecule has 0 aliphatic rings. The maximum absolute atomic E-state index is 11.3. The summed E-state index contributed by atoms with van der Waals surface area (Å²) in [7, 11) is 2.66. The molecule has 92 valence electrons. The summed E-state index contributed by atoms with van der Waals surface area (Å²) in [6, 6.07) is 0. The SMILES string of the molecule is COC(=O)/C(=C\[O-])c1nn(C)n[n+]1CC(C)=O. The van der Waals surface area contributed by atoms with Gasteiger partial charge in [0.2, 0.25) is 0 Å². The summed E-state index contributed by atoms with van der Waals surface area (Å²) in [6.07, 6.45) is 0.326. The first-order valence-corrected chi connectivity index (χ1v) is 4.71. The molecule has 1 aromatic rings. The van der Waals surface area contributed by atoms with Crippen LogP contribution in [0.15, 0.2) is 6.26 Å². The molecule has 0 spiro atoms. The zero-order valence-corrected chi connectivity index (χ0v) is 9.71. The second-order valence-corrected chi connectivity index (χ2v) is 3.29. The van der Waals surface area contributed by atoms with Gasteiger partial charge in [0, 0.05) is 0 Å². The first-order chi connectivity index (χ1) is 7.99. The van der Waals surface area contributed by atoms with Gasteiger partial charge >= 0.3 is 11.8 Å². The van der Waals surface area contributed by atoms with Gasteiger partial charge in [-0.3, -0.25) is 4.79 Å². The number of ether oxygens (including phenoxy) is 1. The largest absolute Gasteiger partial charge is 0.877 e. The molecule has 0 atom stereocenters. The van der Waals surface area contributed by atoms with Crippen molar-refractivity contribution in [2.45, 2.75) is 13.5 Å². The summed E-state index contributed by atoms with van der Waals surface area (Å²) in [6.45, 7) is 1.29. The molecule has 0 fully saturated rings. The van der Waals surface area contributed by atoms with E-state index in [1.54, 1.807) is 0 Å². The van der Waals surface area contributed by atoms with E-state index in [0.717, 1.165) is 11.9 Å². The molecule has 0 aliphatic carbocycles. The molecule has 1 aromatic heterocycles. The fourth-order valence-corrected chi connectivity index (χ4v) is 1.22. The molecule has 0 unspecified atom stereocenters. The maximum Gasteiger partial charge on any atom is 0.343 e. The van der Waals surface area contributed by atoms with Gasteiger partial charge in [-0.15, -0.1) is 10.9 Å². The van der Waals surface area contributed by atoms with Crippen LogP contribution in [0.2, 0.25) is 0 Å². The molecule has 0 N–H and O–H groups in total. The second-order valence-electron chi connectivity index (χ2n) is 3.29. The lowest BCUT2D eigenvalue weighted by atomic mass is 10.3. The highest BCUT2D eigenvalue weighted by Gasteiger charge is 2.26. The maximum atomic E-state index is 11.3. The van der Waals surface area contributed by atoms with E-state index in [2.05, 4.69) is 15.0 Å². The Morgan fingerprint density at radius 2 is 2.24 bits per heavy atom. The van der Waals surface area contributed by atoms with Crippen molar-refractivity contribution < 1.29 is 24.1 Å². The Bertz CT molecular complexity index is 477. The Labute approximate surface area is 97.1 Å². The zero-order valence-electron chi connectivity index (χ0n) is 9.71. The topological polar surface area (TPSA) is 101 Å². The van der Waals surface area contributed by atoms with E-state index in [9.17, 15) is 14.7 Å². The Balaban J connectivity index is 3.19. The van der Waals surface area contributed by atoms with Crippen LogP contribution < -0.4 is 9.79 Å². The van der Waals surface area contributed by atoms with Crippen molar-refractivity contribution in [3.05, 3.63) is 12.1 Å². The fraction of sp³-hybridized carbons (Fsp3) is 0.444. The first kappa shape index (κ1) is 12.8. The Kier molecular flexibility index (Phi) is 3.91. The third-order valence-corrected chi connectivity index (χ3v) is 1.86. The third kappa shape index (κ3) is 2.86. The summed E-state index contributed by atoms with van der Waals surface area (Å²) < 4.78 is 5.61. The number of Topliss-reactive ketones (excluding diaryl/α,β-unsaturated/α-hetero) is 1. The van der Waals surface area contributed by atoms with Gasteiger partial charge in [0.05, 0.1) is 17.4 Å². The fourth-order valence-electron chi connectivity index (χ4n) is 1.22. The predicted octanol–water partition coefficient (Wildman–Crippen LogP) is -2.43. The minimum atomic E-state index is -0.821. The van der Waals surface area contributed by atoms with Crippen LogP contribution in [0.5, 0.6) is 0 Å². The van der Waals surface area contributed by atoms with Crippen LogP contribution in [0.25, 0.3) is 5.57 Å². The average Bonchev–Trinajstić information content (AvgIpc) is 2.59. The van der Waals surface area contributed by atoms with Crippen molar-refractivity contribution in [3.8, 4) is 0 Å².